The lowest BCUT2D eigenvalue weighted by molar-refractivity contribution is 0.416. The van der Waals surface area contributed by atoms with Crippen molar-refractivity contribution in [3.63, 3.8) is 0 Å². The Morgan fingerprint density at radius 1 is 1.22 bits per heavy atom. The fraction of sp³-hybridized carbons (Fsp3) is 1.00. The minimum absolute atomic E-state index is 0.800. The van der Waals surface area contributed by atoms with E-state index in [0.717, 1.165) is 11.3 Å². The van der Waals surface area contributed by atoms with Crippen LogP contribution in [0.3, 0.4) is 0 Å². The van der Waals surface area contributed by atoms with Crippen molar-refractivity contribution in [3.05, 3.63) is 0 Å². The lowest BCUT2D eigenvalue weighted by Gasteiger charge is -2.09. The highest BCUT2D eigenvalue weighted by molar-refractivity contribution is 4.99. The minimum Gasteiger partial charge on any atom is -0.0651 e. The van der Waals surface area contributed by atoms with Gasteiger partial charge in [0.05, 0.1) is 0 Å². The summed E-state index contributed by atoms with van der Waals surface area (Å²) in [6.07, 6.45) is 5.72. The van der Waals surface area contributed by atoms with Crippen molar-refractivity contribution >= 4 is 0 Å². The molecule has 1 fully saturated rings. The average molecular weight is 126 g/mol. The summed E-state index contributed by atoms with van der Waals surface area (Å²) in [4.78, 5) is 0. The maximum absolute atomic E-state index is 2.33. The molecule has 0 amide bonds. The molecule has 0 spiro atoms. The Labute approximate surface area is 58.7 Å². The van der Waals surface area contributed by atoms with Crippen LogP contribution in [-0.4, -0.2) is 0 Å². The van der Waals surface area contributed by atoms with Crippen LogP contribution in [0.5, 0.6) is 0 Å². The van der Waals surface area contributed by atoms with Gasteiger partial charge in [-0.25, -0.2) is 0 Å². The summed E-state index contributed by atoms with van der Waals surface area (Å²) >= 11 is 0. The van der Waals surface area contributed by atoms with Crippen molar-refractivity contribution in [2.24, 2.45) is 11.3 Å². The number of hydrogen-bond donors (Lipinski definition) is 0. The molecule has 0 aliphatic heterocycles. The minimum atomic E-state index is 0.800. The Balaban J connectivity index is 2.37. The van der Waals surface area contributed by atoms with Gasteiger partial charge >= 0.3 is 0 Å². The van der Waals surface area contributed by atoms with Crippen molar-refractivity contribution < 1.29 is 0 Å². The van der Waals surface area contributed by atoms with E-state index in [2.05, 4.69) is 20.8 Å². The molecular formula is C9H18. The van der Waals surface area contributed by atoms with Crippen LogP contribution in [0.25, 0.3) is 0 Å². The quantitative estimate of drug-likeness (QED) is 0.544. The van der Waals surface area contributed by atoms with Crippen molar-refractivity contribution in [3.8, 4) is 0 Å². The predicted octanol–water partition coefficient (Wildman–Crippen LogP) is 3.22. The van der Waals surface area contributed by atoms with Gasteiger partial charge in [-0.2, -0.15) is 0 Å². The van der Waals surface area contributed by atoms with Gasteiger partial charge in [-0.15, -0.1) is 0 Å². The molecule has 1 rings (SSSR count). The second-order valence-electron chi connectivity index (χ2n) is 3.38. The van der Waals surface area contributed by atoms with Crippen molar-refractivity contribution in [2.75, 3.05) is 0 Å². The highest BCUT2D eigenvalue weighted by Crippen LogP contribution is 2.59. The molecule has 0 bridgehead atoms. The first kappa shape index (κ1) is 7.11. The molecule has 0 radical (unpaired) electrons. The van der Waals surface area contributed by atoms with Crippen molar-refractivity contribution in [1.29, 1.82) is 0 Å². The van der Waals surface area contributed by atoms with E-state index >= 15 is 0 Å². The van der Waals surface area contributed by atoms with Gasteiger partial charge in [0.1, 0.15) is 0 Å². The first-order valence-corrected chi connectivity index (χ1v) is 4.29. The van der Waals surface area contributed by atoms with E-state index in [0.29, 0.717) is 0 Å². The molecule has 54 valence electrons. The fourth-order valence-electron chi connectivity index (χ4n) is 2.13. The molecule has 0 N–H and O–H groups in total. The fourth-order valence-corrected chi connectivity index (χ4v) is 2.13. The van der Waals surface area contributed by atoms with E-state index in [4.69, 9.17) is 0 Å². The summed E-state index contributed by atoms with van der Waals surface area (Å²) in [5.41, 5.74) is 0.800. The highest BCUT2D eigenvalue weighted by atomic mass is 14.5. The third kappa shape index (κ3) is 0.997. The second kappa shape index (κ2) is 2.32. The summed E-state index contributed by atoms with van der Waals surface area (Å²) in [6, 6.07) is 0. The van der Waals surface area contributed by atoms with E-state index in [-0.39, 0.29) is 0 Å². The summed E-state index contributed by atoms with van der Waals surface area (Å²) in [5, 5.41) is 0. The Morgan fingerprint density at radius 2 is 1.78 bits per heavy atom. The zero-order chi connectivity index (χ0) is 6.91. The Morgan fingerprint density at radius 3 is 1.89 bits per heavy atom. The van der Waals surface area contributed by atoms with Crippen molar-refractivity contribution in [2.45, 2.75) is 46.5 Å². The third-order valence-corrected chi connectivity index (χ3v) is 3.26. The Kier molecular flexibility index (Phi) is 1.83. The largest absolute Gasteiger partial charge is 0.0651 e. The van der Waals surface area contributed by atoms with Gasteiger partial charge < -0.3 is 0 Å². The SMILES string of the molecule is CCC1CC1(CC)CC. The van der Waals surface area contributed by atoms with Crippen LogP contribution >= 0.6 is 0 Å². The van der Waals surface area contributed by atoms with Gasteiger partial charge in [0.2, 0.25) is 0 Å². The molecule has 0 aromatic heterocycles. The summed E-state index contributed by atoms with van der Waals surface area (Å²) < 4.78 is 0. The lowest BCUT2D eigenvalue weighted by atomic mass is 9.96. The van der Waals surface area contributed by atoms with E-state index in [9.17, 15) is 0 Å². The summed E-state index contributed by atoms with van der Waals surface area (Å²) in [6.45, 7) is 6.98. The molecule has 0 heteroatoms. The highest BCUT2D eigenvalue weighted by Gasteiger charge is 2.48. The maximum atomic E-state index is 2.33. The first-order chi connectivity index (χ1) is 4.29. The van der Waals surface area contributed by atoms with Crippen LogP contribution < -0.4 is 0 Å². The summed E-state index contributed by atoms with van der Waals surface area (Å²) in [5.74, 6) is 1.08. The topological polar surface area (TPSA) is 0 Å². The molecule has 9 heavy (non-hydrogen) atoms. The van der Waals surface area contributed by atoms with E-state index in [1.807, 2.05) is 0 Å². The van der Waals surface area contributed by atoms with Crippen LogP contribution in [0.4, 0.5) is 0 Å². The van der Waals surface area contributed by atoms with Gasteiger partial charge in [-0.1, -0.05) is 40.0 Å². The second-order valence-corrected chi connectivity index (χ2v) is 3.38. The maximum Gasteiger partial charge on any atom is -0.0271 e. The van der Waals surface area contributed by atoms with Crippen molar-refractivity contribution in [1.82, 2.24) is 0 Å². The molecule has 1 aliphatic rings. The normalized spacial score (nSPS) is 30.3. The molecule has 1 aliphatic carbocycles. The Hall–Kier alpha value is 0. The monoisotopic (exact) mass is 126 g/mol. The first-order valence-electron chi connectivity index (χ1n) is 4.29. The van der Waals surface area contributed by atoms with Crippen LogP contribution in [0.15, 0.2) is 0 Å². The predicted molar refractivity (Wildman–Crippen MR) is 41.4 cm³/mol. The van der Waals surface area contributed by atoms with Crippen LogP contribution in [-0.2, 0) is 0 Å². The van der Waals surface area contributed by atoms with Crippen LogP contribution in [0.2, 0.25) is 0 Å². The molecule has 0 aromatic carbocycles. The van der Waals surface area contributed by atoms with Crippen LogP contribution in [0.1, 0.15) is 46.5 Å². The van der Waals surface area contributed by atoms with E-state index < -0.39 is 0 Å². The smallest absolute Gasteiger partial charge is 0.0271 e. The van der Waals surface area contributed by atoms with Gasteiger partial charge in [0, 0.05) is 0 Å². The molecule has 1 unspecified atom stereocenters. The standard InChI is InChI=1S/C9H18/c1-4-8-7-9(8,5-2)6-3/h8H,4-7H2,1-3H3. The molecule has 0 aromatic rings. The molecule has 1 saturated carbocycles. The molecule has 1 atom stereocenters. The summed E-state index contributed by atoms with van der Waals surface area (Å²) in [7, 11) is 0. The lowest BCUT2D eigenvalue weighted by Crippen LogP contribution is -1.98. The molecule has 0 nitrogen and oxygen atoms in total. The zero-order valence-corrected chi connectivity index (χ0v) is 6.91. The van der Waals surface area contributed by atoms with Crippen LogP contribution in [0, 0.1) is 11.3 Å². The third-order valence-electron chi connectivity index (χ3n) is 3.26. The van der Waals surface area contributed by atoms with E-state index in [1.165, 1.54) is 25.7 Å². The molecule has 0 saturated heterocycles. The number of hydrogen-bond acceptors (Lipinski definition) is 0. The average Bonchev–Trinajstić information content (AvgIpc) is 2.63. The van der Waals surface area contributed by atoms with E-state index in [1.54, 1.807) is 0 Å². The number of rotatable bonds is 3. The zero-order valence-electron chi connectivity index (χ0n) is 6.91. The Bertz CT molecular complexity index is 90.2. The van der Waals surface area contributed by atoms with Gasteiger partial charge in [0.25, 0.3) is 0 Å². The molecule has 0 heterocycles. The van der Waals surface area contributed by atoms with Gasteiger partial charge in [0.15, 0.2) is 0 Å². The van der Waals surface area contributed by atoms with Gasteiger partial charge in [-0.05, 0) is 17.8 Å². The van der Waals surface area contributed by atoms with Gasteiger partial charge in [-0.3, -0.25) is 0 Å². The molecular weight excluding hydrogens is 108 g/mol.